The second-order valence-electron chi connectivity index (χ2n) is 5.63. The van der Waals surface area contributed by atoms with E-state index in [9.17, 15) is 10.1 Å². The molecule has 7 heteroatoms. The van der Waals surface area contributed by atoms with Crippen molar-refractivity contribution in [3.8, 4) is 0 Å². The van der Waals surface area contributed by atoms with Crippen molar-refractivity contribution in [2.24, 2.45) is 18.7 Å². The minimum atomic E-state index is -0.299. The highest BCUT2D eigenvalue weighted by atomic mass is 16.6. The van der Waals surface area contributed by atoms with Crippen LogP contribution in [0.5, 0.6) is 0 Å². The number of aromatic nitrogens is 2. The highest BCUT2D eigenvalue weighted by Gasteiger charge is 2.33. The molecule has 112 valence electrons. The van der Waals surface area contributed by atoms with Gasteiger partial charge in [0.05, 0.1) is 4.92 Å². The Balaban J connectivity index is 2.37. The molecule has 0 spiro atoms. The first kappa shape index (κ1) is 14.8. The van der Waals surface area contributed by atoms with Gasteiger partial charge in [-0.2, -0.15) is 5.10 Å². The first-order chi connectivity index (χ1) is 9.45. The van der Waals surface area contributed by atoms with Gasteiger partial charge in [-0.1, -0.05) is 20.3 Å². The highest BCUT2D eigenvalue weighted by molar-refractivity contribution is 5.62. The van der Waals surface area contributed by atoms with E-state index < -0.39 is 0 Å². The molecular weight excluding hydrogens is 258 g/mol. The molecule has 1 fully saturated rings. The Kier molecular flexibility index (Phi) is 4.27. The Labute approximate surface area is 118 Å². The van der Waals surface area contributed by atoms with E-state index in [4.69, 9.17) is 5.73 Å². The zero-order chi connectivity index (χ0) is 14.9. The summed E-state index contributed by atoms with van der Waals surface area (Å²) in [5.41, 5.74) is 6.77. The van der Waals surface area contributed by atoms with E-state index >= 15 is 0 Å². The Bertz CT molecular complexity index is 499. The smallest absolute Gasteiger partial charge is 0.334 e. The van der Waals surface area contributed by atoms with E-state index in [2.05, 4.69) is 16.9 Å². The summed E-state index contributed by atoms with van der Waals surface area (Å²) in [5, 5.41) is 15.8. The number of piperidine rings is 1. The fraction of sp³-hybridized carbons (Fsp3) is 0.769. The lowest BCUT2D eigenvalue weighted by atomic mass is 9.95. The Morgan fingerprint density at radius 1 is 1.55 bits per heavy atom. The van der Waals surface area contributed by atoms with E-state index in [-0.39, 0.29) is 16.7 Å². The molecule has 0 aliphatic carbocycles. The molecule has 0 bridgehead atoms. The van der Waals surface area contributed by atoms with E-state index in [0.29, 0.717) is 23.9 Å². The minimum Gasteiger partial charge on any atom is -0.351 e. The van der Waals surface area contributed by atoms with Crippen molar-refractivity contribution in [2.45, 2.75) is 39.2 Å². The maximum Gasteiger partial charge on any atom is 0.334 e. The summed E-state index contributed by atoms with van der Waals surface area (Å²) >= 11 is 0. The minimum absolute atomic E-state index is 0.164. The first-order valence-electron chi connectivity index (χ1n) is 7.16. The molecule has 2 N–H and O–H groups in total. The molecule has 0 amide bonds. The number of nitrogens with zero attached hydrogens (tertiary/aromatic N) is 4. The van der Waals surface area contributed by atoms with Gasteiger partial charge in [0.1, 0.15) is 5.69 Å². The topological polar surface area (TPSA) is 90.2 Å². The lowest BCUT2D eigenvalue weighted by Gasteiger charge is -2.35. The van der Waals surface area contributed by atoms with E-state index in [0.717, 1.165) is 25.9 Å². The summed E-state index contributed by atoms with van der Waals surface area (Å²) in [4.78, 5) is 13.2. The Morgan fingerprint density at radius 2 is 2.25 bits per heavy atom. The normalized spacial score (nSPS) is 23.1. The van der Waals surface area contributed by atoms with Crippen LogP contribution in [0.25, 0.3) is 0 Å². The van der Waals surface area contributed by atoms with E-state index in [1.165, 1.54) is 0 Å². The lowest BCUT2D eigenvalue weighted by molar-refractivity contribution is -0.384. The SMILES string of the molecule is CCCc1nn(C)c(N2CCC(N)C(C)C2)c1[N+](=O)[O-]. The molecule has 7 nitrogen and oxygen atoms in total. The fourth-order valence-corrected chi connectivity index (χ4v) is 2.86. The number of nitro groups is 1. The maximum absolute atomic E-state index is 11.4. The molecule has 2 heterocycles. The first-order valence-corrected chi connectivity index (χ1v) is 7.16. The van der Waals surface area contributed by atoms with Crippen molar-refractivity contribution in [2.75, 3.05) is 18.0 Å². The molecule has 2 atom stereocenters. The number of anilines is 1. The molecular formula is C13H23N5O2. The molecule has 1 aliphatic heterocycles. The number of hydrogen-bond donors (Lipinski definition) is 1. The van der Waals surface area contributed by atoms with E-state index in [1.807, 2.05) is 6.92 Å². The average molecular weight is 281 g/mol. The van der Waals surface area contributed by atoms with E-state index in [1.54, 1.807) is 11.7 Å². The highest BCUT2D eigenvalue weighted by Crippen LogP contribution is 2.34. The molecule has 1 aliphatic rings. The van der Waals surface area contributed by atoms with Crippen LogP contribution >= 0.6 is 0 Å². The second kappa shape index (κ2) is 5.78. The fourth-order valence-electron chi connectivity index (χ4n) is 2.86. The van der Waals surface area contributed by atoms with Gasteiger partial charge in [-0.05, 0) is 18.8 Å². The van der Waals surface area contributed by atoms with Crippen LogP contribution < -0.4 is 10.6 Å². The van der Waals surface area contributed by atoms with Crippen molar-refractivity contribution in [3.63, 3.8) is 0 Å². The number of nitrogens with two attached hydrogens (primary N) is 1. The van der Waals surface area contributed by atoms with Crippen LogP contribution in [-0.4, -0.2) is 33.8 Å². The summed E-state index contributed by atoms with van der Waals surface area (Å²) < 4.78 is 1.65. The van der Waals surface area contributed by atoms with Gasteiger partial charge < -0.3 is 10.6 Å². The standard InChI is InChI=1S/C13H23N5O2/c1-4-5-11-12(18(19)20)13(16(3)15-11)17-7-6-10(14)9(2)8-17/h9-10H,4-8,14H2,1-3H3. The third kappa shape index (κ3) is 2.63. The van der Waals surface area contributed by atoms with Gasteiger partial charge in [0.25, 0.3) is 0 Å². The molecule has 1 aromatic rings. The van der Waals surface area contributed by atoms with Crippen LogP contribution in [0.3, 0.4) is 0 Å². The maximum atomic E-state index is 11.4. The summed E-state index contributed by atoms with van der Waals surface area (Å²) in [6.07, 6.45) is 2.33. The number of aryl methyl sites for hydroxylation is 2. The van der Waals surface area contributed by atoms with Crippen LogP contribution in [0, 0.1) is 16.0 Å². The van der Waals surface area contributed by atoms with Crippen LogP contribution in [0.4, 0.5) is 11.5 Å². The largest absolute Gasteiger partial charge is 0.351 e. The van der Waals surface area contributed by atoms with Crippen LogP contribution in [0.1, 0.15) is 32.4 Å². The van der Waals surface area contributed by atoms with Gasteiger partial charge in [-0.3, -0.25) is 10.1 Å². The molecule has 20 heavy (non-hydrogen) atoms. The van der Waals surface area contributed by atoms with Gasteiger partial charge in [0.2, 0.25) is 5.82 Å². The van der Waals surface area contributed by atoms with Gasteiger partial charge in [0.15, 0.2) is 0 Å². The van der Waals surface area contributed by atoms with Gasteiger partial charge >= 0.3 is 5.69 Å². The van der Waals surface area contributed by atoms with Crippen LogP contribution in [0.15, 0.2) is 0 Å². The quantitative estimate of drug-likeness (QED) is 0.666. The summed E-state index contributed by atoms with van der Waals surface area (Å²) in [5.74, 6) is 0.949. The van der Waals surface area contributed by atoms with Gasteiger partial charge in [-0.25, -0.2) is 4.68 Å². The molecule has 2 rings (SSSR count). The molecule has 0 aromatic carbocycles. The zero-order valence-corrected chi connectivity index (χ0v) is 12.4. The van der Waals surface area contributed by atoms with Gasteiger partial charge in [0, 0.05) is 26.2 Å². The Hall–Kier alpha value is -1.63. The second-order valence-corrected chi connectivity index (χ2v) is 5.63. The third-order valence-corrected chi connectivity index (χ3v) is 4.00. The summed E-state index contributed by atoms with van der Waals surface area (Å²) in [7, 11) is 1.78. The molecule has 1 aromatic heterocycles. The lowest BCUT2D eigenvalue weighted by Crippen LogP contribution is -2.46. The predicted molar refractivity (Wildman–Crippen MR) is 77.8 cm³/mol. The van der Waals surface area contributed by atoms with Crippen LogP contribution in [0.2, 0.25) is 0 Å². The average Bonchev–Trinajstić information content (AvgIpc) is 2.70. The molecule has 1 saturated heterocycles. The molecule has 2 unspecified atom stereocenters. The monoisotopic (exact) mass is 281 g/mol. The number of rotatable bonds is 4. The van der Waals surface area contributed by atoms with Crippen molar-refractivity contribution >= 4 is 11.5 Å². The summed E-state index contributed by atoms with van der Waals surface area (Å²) in [6, 6.07) is 0.175. The summed E-state index contributed by atoms with van der Waals surface area (Å²) in [6.45, 7) is 5.58. The van der Waals surface area contributed by atoms with Crippen LogP contribution in [-0.2, 0) is 13.5 Å². The van der Waals surface area contributed by atoms with Crippen molar-refractivity contribution in [3.05, 3.63) is 15.8 Å². The third-order valence-electron chi connectivity index (χ3n) is 4.00. The number of hydrogen-bond acceptors (Lipinski definition) is 5. The molecule has 0 radical (unpaired) electrons. The zero-order valence-electron chi connectivity index (χ0n) is 12.4. The van der Waals surface area contributed by atoms with Gasteiger partial charge in [-0.15, -0.1) is 0 Å². The Morgan fingerprint density at radius 3 is 2.80 bits per heavy atom. The van der Waals surface area contributed by atoms with Crippen molar-refractivity contribution in [1.82, 2.24) is 9.78 Å². The van der Waals surface area contributed by atoms with Crippen molar-refractivity contribution < 1.29 is 4.92 Å². The van der Waals surface area contributed by atoms with Crippen molar-refractivity contribution in [1.29, 1.82) is 0 Å². The molecule has 0 saturated carbocycles. The predicted octanol–water partition coefficient (Wildman–Crippen LogP) is 1.45.